The fourth-order valence-corrected chi connectivity index (χ4v) is 4.24. The third kappa shape index (κ3) is 6.61. The van der Waals surface area contributed by atoms with Gasteiger partial charge in [0.05, 0.1) is 22.5 Å². The van der Waals surface area contributed by atoms with E-state index in [1.807, 2.05) is 50.8 Å². The van der Waals surface area contributed by atoms with E-state index in [2.05, 4.69) is 15.5 Å². The van der Waals surface area contributed by atoms with Crippen LogP contribution in [0.1, 0.15) is 38.1 Å². The van der Waals surface area contributed by atoms with Gasteiger partial charge in [0.15, 0.2) is 5.11 Å². The summed E-state index contributed by atoms with van der Waals surface area (Å²) >= 11 is 11.9. The molecule has 2 aromatic carbocycles. The van der Waals surface area contributed by atoms with Crippen molar-refractivity contribution in [2.75, 3.05) is 36.4 Å². The lowest BCUT2D eigenvalue weighted by molar-refractivity contribution is -0.134. The van der Waals surface area contributed by atoms with E-state index in [1.54, 1.807) is 24.3 Å². The van der Waals surface area contributed by atoms with Gasteiger partial charge >= 0.3 is 0 Å². The smallest absolute Gasteiger partial charge is 0.257 e. The highest BCUT2D eigenvalue weighted by Gasteiger charge is 2.25. The van der Waals surface area contributed by atoms with Crippen LogP contribution in [0.15, 0.2) is 42.5 Å². The van der Waals surface area contributed by atoms with E-state index < -0.39 is 0 Å². The number of nitrogens with one attached hydrogen (secondary N) is 2. The van der Waals surface area contributed by atoms with Crippen LogP contribution in [0.5, 0.6) is 5.75 Å². The van der Waals surface area contributed by atoms with E-state index >= 15 is 0 Å². The number of piperazine rings is 1. The number of ether oxygens (including phenoxy) is 1. The van der Waals surface area contributed by atoms with Gasteiger partial charge in [-0.15, -0.1) is 0 Å². The Morgan fingerprint density at radius 1 is 1.00 bits per heavy atom. The summed E-state index contributed by atoms with van der Waals surface area (Å²) in [6.45, 7) is 10.3. The number of hydrogen-bond acceptors (Lipinski definition) is 5. The summed E-state index contributed by atoms with van der Waals surface area (Å²) in [5, 5.41) is 6.57. The number of nitrogens with zero attached hydrogens (tertiary/aromatic N) is 2. The summed E-state index contributed by atoms with van der Waals surface area (Å²) in [5.74, 6) is 0.512. The molecule has 9 heteroatoms. The summed E-state index contributed by atoms with van der Waals surface area (Å²) in [6.07, 6.45) is 0.0574. The maximum atomic E-state index is 12.6. The zero-order chi connectivity index (χ0) is 24.8. The summed E-state index contributed by atoms with van der Waals surface area (Å²) in [4.78, 5) is 29.0. The molecule has 0 saturated carbocycles. The molecule has 1 heterocycles. The van der Waals surface area contributed by atoms with Crippen LogP contribution in [0.3, 0.4) is 0 Å². The number of rotatable bonds is 6. The number of hydrogen-bond donors (Lipinski definition) is 2. The number of carbonyl (C=O) groups is 2. The maximum absolute atomic E-state index is 12.6. The highest BCUT2D eigenvalue weighted by molar-refractivity contribution is 7.80. The quantitative estimate of drug-likeness (QED) is 0.564. The van der Waals surface area contributed by atoms with Crippen LogP contribution in [-0.4, -0.2) is 54.1 Å². The van der Waals surface area contributed by atoms with Gasteiger partial charge in [0.25, 0.3) is 5.91 Å². The van der Waals surface area contributed by atoms with Crippen molar-refractivity contribution < 1.29 is 14.3 Å². The molecule has 0 unspecified atom stereocenters. The van der Waals surface area contributed by atoms with Gasteiger partial charge in [0, 0.05) is 37.7 Å². The van der Waals surface area contributed by atoms with Gasteiger partial charge in [-0.2, -0.15) is 0 Å². The van der Waals surface area contributed by atoms with Gasteiger partial charge in [0.2, 0.25) is 5.91 Å². The molecule has 0 spiro atoms. The molecule has 1 fully saturated rings. The maximum Gasteiger partial charge on any atom is 0.257 e. The largest absolute Gasteiger partial charge is 0.491 e. The summed E-state index contributed by atoms with van der Waals surface area (Å²) < 4.78 is 5.61. The molecular weight excluding hydrogens is 472 g/mol. The minimum absolute atomic E-state index is 0.0241. The van der Waals surface area contributed by atoms with Crippen molar-refractivity contribution in [1.82, 2.24) is 10.2 Å². The van der Waals surface area contributed by atoms with Gasteiger partial charge in [0.1, 0.15) is 5.75 Å². The first-order valence-corrected chi connectivity index (χ1v) is 12.2. The molecule has 1 saturated heterocycles. The molecule has 2 aromatic rings. The lowest BCUT2D eigenvalue weighted by atomic mass is 10.1. The first-order valence-electron chi connectivity index (χ1n) is 11.4. The number of anilines is 2. The number of thiocarbonyl (C=S) groups is 1. The average molecular weight is 503 g/mol. The van der Waals surface area contributed by atoms with Crippen molar-refractivity contribution in [2.24, 2.45) is 5.92 Å². The first kappa shape index (κ1) is 25.8. The molecule has 0 atom stereocenters. The van der Waals surface area contributed by atoms with Crippen LogP contribution in [0.2, 0.25) is 5.02 Å². The lowest BCUT2D eigenvalue weighted by Crippen LogP contribution is -2.50. The molecule has 2 N–H and O–H groups in total. The Kier molecular flexibility index (Phi) is 8.74. The second kappa shape index (κ2) is 11.5. The Morgan fingerprint density at radius 3 is 2.24 bits per heavy atom. The molecule has 34 heavy (non-hydrogen) atoms. The molecule has 0 aromatic heterocycles. The monoisotopic (exact) mass is 502 g/mol. The second-order valence-corrected chi connectivity index (χ2v) is 9.52. The Bertz CT molecular complexity index is 1030. The normalized spacial score (nSPS) is 13.7. The van der Waals surface area contributed by atoms with Gasteiger partial charge in [-0.3, -0.25) is 14.9 Å². The molecule has 1 aliphatic heterocycles. The average Bonchev–Trinajstić information content (AvgIpc) is 2.79. The number of halogens is 1. The van der Waals surface area contributed by atoms with Crippen molar-refractivity contribution >= 4 is 52.1 Å². The second-order valence-electron chi connectivity index (χ2n) is 8.70. The van der Waals surface area contributed by atoms with Gasteiger partial charge < -0.3 is 19.9 Å². The van der Waals surface area contributed by atoms with Crippen LogP contribution < -0.4 is 20.3 Å². The summed E-state index contributed by atoms with van der Waals surface area (Å²) in [7, 11) is 0. The number of amides is 2. The Balaban J connectivity index is 1.65. The van der Waals surface area contributed by atoms with Gasteiger partial charge in [-0.1, -0.05) is 31.5 Å². The van der Waals surface area contributed by atoms with Crippen molar-refractivity contribution in [3.8, 4) is 5.75 Å². The van der Waals surface area contributed by atoms with Gasteiger partial charge in [-0.05, 0) is 62.5 Å². The third-order valence-corrected chi connectivity index (χ3v) is 5.86. The van der Waals surface area contributed by atoms with E-state index in [-0.39, 0.29) is 28.9 Å². The predicted octanol–water partition coefficient (Wildman–Crippen LogP) is 4.56. The zero-order valence-corrected chi connectivity index (χ0v) is 21.5. The van der Waals surface area contributed by atoms with E-state index in [0.29, 0.717) is 48.2 Å². The van der Waals surface area contributed by atoms with E-state index in [1.165, 1.54) is 0 Å². The third-order valence-electron chi connectivity index (χ3n) is 5.35. The Labute approximate surface area is 211 Å². The molecule has 0 aliphatic carbocycles. The highest BCUT2D eigenvalue weighted by Crippen LogP contribution is 2.34. The fraction of sp³-hybridized carbons (Fsp3) is 0.400. The van der Waals surface area contributed by atoms with E-state index in [0.717, 1.165) is 5.69 Å². The SMILES string of the molecule is CC(C)Oc1ccc(C(=O)NC(=S)Nc2cccc(Cl)c2N2CCN(C(=O)C(C)C)CC2)cc1. The molecular formula is C25H31ClN4O3S. The van der Waals surface area contributed by atoms with E-state index in [4.69, 9.17) is 28.6 Å². The standard InChI is InChI=1S/C25H31ClN4O3S/c1-16(2)24(32)30-14-12-29(13-15-30)22-20(26)6-5-7-21(22)27-25(34)28-23(31)18-8-10-19(11-9-18)33-17(3)4/h5-11,16-17H,12-15H2,1-4H3,(H2,27,28,31,34). The van der Waals surface area contributed by atoms with Crippen LogP contribution >= 0.6 is 23.8 Å². The molecule has 1 aliphatic rings. The highest BCUT2D eigenvalue weighted by atomic mass is 35.5. The Hall–Kier alpha value is -2.84. The molecule has 3 rings (SSSR count). The van der Waals surface area contributed by atoms with Crippen molar-refractivity contribution in [2.45, 2.75) is 33.8 Å². The van der Waals surface area contributed by atoms with Crippen LogP contribution in [0, 0.1) is 5.92 Å². The van der Waals surface area contributed by atoms with Crippen molar-refractivity contribution in [1.29, 1.82) is 0 Å². The molecule has 2 amide bonds. The minimum atomic E-state index is -0.321. The molecule has 0 radical (unpaired) electrons. The fourth-order valence-electron chi connectivity index (χ4n) is 3.74. The summed E-state index contributed by atoms with van der Waals surface area (Å²) in [5.41, 5.74) is 1.97. The summed E-state index contributed by atoms with van der Waals surface area (Å²) in [6, 6.07) is 12.4. The molecule has 0 bridgehead atoms. The van der Waals surface area contributed by atoms with Crippen LogP contribution in [0.25, 0.3) is 0 Å². The molecule has 7 nitrogen and oxygen atoms in total. The van der Waals surface area contributed by atoms with Crippen molar-refractivity contribution in [3.05, 3.63) is 53.1 Å². The van der Waals surface area contributed by atoms with Crippen LogP contribution in [0.4, 0.5) is 11.4 Å². The minimum Gasteiger partial charge on any atom is -0.491 e. The predicted molar refractivity (Wildman–Crippen MR) is 141 cm³/mol. The van der Waals surface area contributed by atoms with Crippen molar-refractivity contribution in [3.63, 3.8) is 0 Å². The molecule has 182 valence electrons. The van der Waals surface area contributed by atoms with Crippen LogP contribution in [-0.2, 0) is 4.79 Å². The number of para-hydroxylation sites is 1. The van der Waals surface area contributed by atoms with Gasteiger partial charge in [-0.25, -0.2) is 0 Å². The topological polar surface area (TPSA) is 73.9 Å². The lowest BCUT2D eigenvalue weighted by Gasteiger charge is -2.38. The number of benzene rings is 2. The Morgan fingerprint density at radius 2 is 1.65 bits per heavy atom. The zero-order valence-electron chi connectivity index (χ0n) is 19.9. The first-order chi connectivity index (χ1) is 16.2. The van der Waals surface area contributed by atoms with E-state index in [9.17, 15) is 9.59 Å². The number of carbonyl (C=O) groups excluding carboxylic acids is 2.